The first-order valence-electron chi connectivity index (χ1n) is 10.3. The Kier molecular flexibility index (Phi) is 7.09. The maximum atomic E-state index is 5.40. The molecular formula is C22H33N5O. The molecular weight excluding hydrogens is 350 g/mol. The van der Waals surface area contributed by atoms with Gasteiger partial charge in [0.25, 0.3) is 0 Å². The lowest BCUT2D eigenvalue weighted by Crippen LogP contribution is -2.51. The predicted octanol–water partition coefficient (Wildman–Crippen LogP) is 3.52. The highest BCUT2D eigenvalue weighted by Crippen LogP contribution is 2.20. The van der Waals surface area contributed by atoms with Gasteiger partial charge in [0.05, 0.1) is 12.2 Å². The Bertz CT molecular complexity index is 755. The third-order valence-electron chi connectivity index (χ3n) is 5.41. The van der Waals surface area contributed by atoms with Gasteiger partial charge >= 0.3 is 0 Å². The molecule has 1 saturated heterocycles. The molecule has 3 rings (SSSR count). The summed E-state index contributed by atoms with van der Waals surface area (Å²) < 4.78 is 5.40. The third kappa shape index (κ3) is 5.58. The minimum Gasteiger partial charge on any atom is -0.359 e. The van der Waals surface area contributed by atoms with Crippen molar-refractivity contribution in [2.75, 3.05) is 13.6 Å². The number of guanidine groups is 1. The molecule has 2 atom stereocenters. The van der Waals surface area contributed by atoms with Gasteiger partial charge in [-0.1, -0.05) is 49.3 Å². The van der Waals surface area contributed by atoms with Crippen molar-refractivity contribution in [3.05, 3.63) is 53.4 Å². The van der Waals surface area contributed by atoms with Gasteiger partial charge in [-0.15, -0.1) is 0 Å². The van der Waals surface area contributed by atoms with Crippen molar-refractivity contribution >= 4 is 5.96 Å². The number of benzene rings is 1. The van der Waals surface area contributed by atoms with Crippen LogP contribution in [0.2, 0.25) is 0 Å². The van der Waals surface area contributed by atoms with Crippen LogP contribution in [0.5, 0.6) is 0 Å². The first kappa shape index (κ1) is 20.4. The van der Waals surface area contributed by atoms with E-state index in [4.69, 9.17) is 4.52 Å². The van der Waals surface area contributed by atoms with Crippen molar-refractivity contribution in [2.24, 2.45) is 4.99 Å². The van der Waals surface area contributed by atoms with Gasteiger partial charge < -0.3 is 15.2 Å². The zero-order valence-corrected chi connectivity index (χ0v) is 17.5. The Morgan fingerprint density at radius 2 is 2.11 bits per heavy atom. The summed E-state index contributed by atoms with van der Waals surface area (Å²) in [5.74, 6) is 2.02. The lowest BCUT2D eigenvalue weighted by atomic mass is 9.97. The van der Waals surface area contributed by atoms with Crippen molar-refractivity contribution in [1.29, 1.82) is 0 Å². The second kappa shape index (κ2) is 9.73. The molecule has 2 aromatic rings. The molecule has 152 valence electrons. The maximum Gasteiger partial charge on any atom is 0.191 e. The highest BCUT2D eigenvalue weighted by atomic mass is 16.5. The molecule has 0 spiro atoms. The van der Waals surface area contributed by atoms with E-state index >= 15 is 0 Å². The molecule has 0 radical (unpaired) electrons. The summed E-state index contributed by atoms with van der Waals surface area (Å²) >= 11 is 0. The molecule has 1 aliphatic heterocycles. The van der Waals surface area contributed by atoms with E-state index in [-0.39, 0.29) is 0 Å². The predicted molar refractivity (Wildman–Crippen MR) is 113 cm³/mol. The number of nitrogens with zero attached hydrogens (tertiary/aromatic N) is 3. The van der Waals surface area contributed by atoms with Crippen LogP contribution >= 0.6 is 0 Å². The number of aliphatic imine (C=N–C) groups is 1. The molecule has 1 aliphatic rings. The quantitative estimate of drug-likeness (QED) is 0.590. The number of hydrogen-bond donors (Lipinski definition) is 2. The first-order chi connectivity index (χ1) is 13.5. The smallest absolute Gasteiger partial charge is 0.191 e. The average molecular weight is 384 g/mol. The summed E-state index contributed by atoms with van der Waals surface area (Å²) in [6.07, 6.45) is 2.21. The van der Waals surface area contributed by atoms with Gasteiger partial charge in [0.1, 0.15) is 0 Å². The van der Waals surface area contributed by atoms with Crippen LogP contribution in [0.15, 0.2) is 45.9 Å². The van der Waals surface area contributed by atoms with Gasteiger partial charge in [0.15, 0.2) is 11.7 Å². The summed E-state index contributed by atoms with van der Waals surface area (Å²) in [5.41, 5.74) is 2.37. The van der Waals surface area contributed by atoms with Crippen molar-refractivity contribution < 1.29 is 4.52 Å². The Hall–Kier alpha value is -2.34. The van der Waals surface area contributed by atoms with Crippen LogP contribution in [-0.2, 0) is 13.1 Å². The van der Waals surface area contributed by atoms with Crippen molar-refractivity contribution in [2.45, 2.75) is 64.7 Å². The topological polar surface area (TPSA) is 65.7 Å². The Morgan fingerprint density at radius 3 is 2.75 bits per heavy atom. The molecule has 2 N–H and O–H groups in total. The molecule has 6 nitrogen and oxygen atoms in total. The van der Waals surface area contributed by atoms with Gasteiger partial charge in [0.2, 0.25) is 0 Å². The maximum absolute atomic E-state index is 5.40. The normalized spacial score (nSPS) is 21.1. The standard InChI is InChI=1S/C22H33N5O/c1-16(2)21-13-20(28-26-21)14-24-22(23-4)25-19-10-11-27(17(3)12-19)15-18-8-6-5-7-9-18/h5-9,13,16-17,19H,10-12,14-15H2,1-4H3,(H2,23,24,25). The molecule has 0 aliphatic carbocycles. The lowest BCUT2D eigenvalue weighted by Gasteiger charge is -2.38. The molecule has 0 amide bonds. The van der Waals surface area contributed by atoms with E-state index in [1.165, 1.54) is 5.56 Å². The van der Waals surface area contributed by atoms with Gasteiger partial charge in [-0.2, -0.15) is 0 Å². The number of likely N-dealkylation sites (tertiary alicyclic amines) is 1. The first-order valence-corrected chi connectivity index (χ1v) is 10.3. The largest absolute Gasteiger partial charge is 0.359 e. The van der Waals surface area contributed by atoms with Crippen LogP contribution in [0, 0.1) is 0 Å². The highest BCUT2D eigenvalue weighted by molar-refractivity contribution is 5.79. The molecule has 1 fully saturated rings. The minimum atomic E-state index is 0.373. The monoisotopic (exact) mass is 383 g/mol. The van der Waals surface area contributed by atoms with E-state index in [0.717, 1.165) is 43.3 Å². The van der Waals surface area contributed by atoms with Gasteiger partial charge in [-0.05, 0) is 31.2 Å². The Morgan fingerprint density at radius 1 is 1.32 bits per heavy atom. The highest BCUT2D eigenvalue weighted by Gasteiger charge is 2.26. The molecule has 2 heterocycles. The summed E-state index contributed by atoms with van der Waals surface area (Å²) in [6, 6.07) is 13.7. The van der Waals surface area contributed by atoms with E-state index in [0.29, 0.717) is 24.5 Å². The van der Waals surface area contributed by atoms with E-state index < -0.39 is 0 Å². The SMILES string of the molecule is CN=C(NCc1cc(C(C)C)no1)NC1CCN(Cc2ccccc2)C(C)C1. The van der Waals surface area contributed by atoms with Crippen LogP contribution in [0.1, 0.15) is 56.5 Å². The molecule has 6 heteroatoms. The van der Waals surface area contributed by atoms with Crippen molar-refractivity contribution in [1.82, 2.24) is 20.7 Å². The molecule has 0 bridgehead atoms. The summed E-state index contributed by atoms with van der Waals surface area (Å²) in [6.45, 7) is 9.23. The second-order valence-corrected chi connectivity index (χ2v) is 7.97. The van der Waals surface area contributed by atoms with E-state index in [1.807, 2.05) is 13.1 Å². The Balaban J connectivity index is 1.46. The van der Waals surface area contributed by atoms with E-state index in [9.17, 15) is 0 Å². The Labute approximate surface area is 168 Å². The fourth-order valence-corrected chi connectivity index (χ4v) is 3.65. The van der Waals surface area contributed by atoms with E-state index in [2.05, 4.69) is 76.8 Å². The minimum absolute atomic E-state index is 0.373. The summed E-state index contributed by atoms with van der Waals surface area (Å²) in [4.78, 5) is 6.93. The third-order valence-corrected chi connectivity index (χ3v) is 5.41. The van der Waals surface area contributed by atoms with Crippen molar-refractivity contribution in [3.63, 3.8) is 0 Å². The van der Waals surface area contributed by atoms with Crippen LogP contribution in [0.3, 0.4) is 0 Å². The van der Waals surface area contributed by atoms with Crippen LogP contribution in [0.4, 0.5) is 0 Å². The average Bonchev–Trinajstić information content (AvgIpc) is 3.17. The lowest BCUT2D eigenvalue weighted by molar-refractivity contribution is 0.134. The molecule has 0 saturated carbocycles. The number of piperidine rings is 1. The summed E-state index contributed by atoms with van der Waals surface area (Å²) in [5, 5.41) is 11.0. The number of hydrogen-bond acceptors (Lipinski definition) is 4. The summed E-state index contributed by atoms with van der Waals surface area (Å²) in [7, 11) is 1.81. The zero-order valence-electron chi connectivity index (χ0n) is 17.5. The van der Waals surface area contributed by atoms with Gasteiger partial charge in [0, 0.05) is 38.3 Å². The van der Waals surface area contributed by atoms with Crippen LogP contribution < -0.4 is 10.6 Å². The van der Waals surface area contributed by atoms with Gasteiger partial charge in [-0.25, -0.2) is 0 Å². The zero-order chi connectivity index (χ0) is 19.9. The fraction of sp³-hybridized carbons (Fsp3) is 0.545. The molecule has 28 heavy (non-hydrogen) atoms. The number of rotatable bonds is 6. The van der Waals surface area contributed by atoms with Gasteiger partial charge in [-0.3, -0.25) is 9.89 Å². The molecule has 1 aromatic heterocycles. The van der Waals surface area contributed by atoms with Crippen molar-refractivity contribution in [3.8, 4) is 0 Å². The van der Waals surface area contributed by atoms with Crippen LogP contribution in [0.25, 0.3) is 0 Å². The number of aromatic nitrogens is 1. The van der Waals surface area contributed by atoms with Crippen LogP contribution in [-0.4, -0.2) is 41.7 Å². The molecule has 1 aromatic carbocycles. The second-order valence-electron chi connectivity index (χ2n) is 7.97. The number of nitrogens with one attached hydrogen (secondary N) is 2. The van der Waals surface area contributed by atoms with E-state index in [1.54, 1.807) is 0 Å². The molecule has 2 unspecified atom stereocenters. The fourth-order valence-electron chi connectivity index (χ4n) is 3.65.